The lowest BCUT2D eigenvalue weighted by Gasteiger charge is -2.14. The van der Waals surface area contributed by atoms with Crippen LogP contribution in [-0.2, 0) is 0 Å². The number of fused-ring (bicyclic) bond motifs is 3. The van der Waals surface area contributed by atoms with Gasteiger partial charge >= 0.3 is 0 Å². The van der Waals surface area contributed by atoms with Gasteiger partial charge < -0.3 is 0 Å². The topological polar surface area (TPSA) is 48.5 Å². The Morgan fingerprint density at radius 1 is 0.346 bits per heavy atom. The second-order valence-corrected chi connectivity index (χ2v) is 12.9. The Morgan fingerprint density at radius 3 is 1.35 bits per heavy atom. The molecule has 0 saturated carbocycles. The number of hydrogen-bond acceptors (Lipinski definition) is 3. The molecular weight excluding hydrogens is 635 g/mol. The van der Waals surface area contributed by atoms with Crippen LogP contribution < -0.4 is 0 Å². The summed E-state index contributed by atoms with van der Waals surface area (Å²) in [6, 6.07) is 63.5. The van der Waals surface area contributed by atoms with E-state index in [1.54, 1.807) is 0 Å². The summed E-state index contributed by atoms with van der Waals surface area (Å²) in [6.45, 7) is 0. The molecule has 0 saturated heterocycles. The average molecular weight is 666 g/mol. The lowest BCUT2D eigenvalue weighted by molar-refractivity contribution is 1.10. The van der Waals surface area contributed by atoms with Crippen molar-refractivity contribution in [3.63, 3.8) is 0 Å². The smallest absolute Gasteiger partial charge is 0.145 e. The van der Waals surface area contributed by atoms with Crippen molar-refractivity contribution in [1.29, 1.82) is 0 Å². The van der Waals surface area contributed by atoms with Gasteiger partial charge in [-0.25, -0.2) is 9.97 Å². The SMILES string of the molecule is c1ccc(-c2nc3ccccc3n2-c2ccc(-c3ccc(-c4ccc(-n5c(-c6ccccc6)nc6ccccc65)cc4)c4ncccc34)cc2)cc1. The van der Waals surface area contributed by atoms with Crippen LogP contribution in [-0.4, -0.2) is 24.1 Å². The molecule has 0 radical (unpaired) electrons. The van der Waals surface area contributed by atoms with E-state index in [1.807, 2.05) is 36.5 Å². The third-order valence-electron chi connectivity index (χ3n) is 9.83. The van der Waals surface area contributed by atoms with E-state index in [0.29, 0.717) is 0 Å². The van der Waals surface area contributed by atoms with Gasteiger partial charge in [-0.2, -0.15) is 0 Å². The highest BCUT2D eigenvalue weighted by Gasteiger charge is 2.17. The van der Waals surface area contributed by atoms with E-state index >= 15 is 0 Å². The van der Waals surface area contributed by atoms with E-state index in [4.69, 9.17) is 15.0 Å². The van der Waals surface area contributed by atoms with Crippen LogP contribution in [0.25, 0.3) is 89.4 Å². The first-order chi connectivity index (χ1) is 25.8. The fourth-order valence-corrected chi connectivity index (χ4v) is 7.37. The van der Waals surface area contributed by atoms with E-state index in [0.717, 1.165) is 89.4 Å². The van der Waals surface area contributed by atoms with Gasteiger partial charge in [0.25, 0.3) is 0 Å². The molecule has 0 amide bonds. The molecular formula is C47H31N5. The molecule has 0 bridgehead atoms. The molecule has 7 aromatic carbocycles. The fraction of sp³-hybridized carbons (Fsp3) is 0. The Hall–Kier alpha value is -7.11. The van der Waals surface area contributed by atoms with Crippen molar-refractivity contribution in [2.45, 2.75) is 0 Å². The predicted molar refractivity (Wildman–Crippen MR) is 213 cm³/mol. The van der Waals surface area contributed by atoms with Crippen LogP contribution in [0, 0.1) is 0 Å². The largest absolute Gasteiger partial charge is 0.292 e. The summed E-state index contributed by atoms with van der Waals surface area (Å²) >= 11 is 0. The highest BCUT2D eigenvalue weighted by atomic mass is 15.1. The molecule has 0 fully saturated rings. The molecule has 3 aromatic heterocycles. The maximum Gasteiger partial charge on any atom is 0.145 e. The van der Waals surface area contributed by atoms with Gasteiger partial charge in [-0.15, -0.1) is 0 Å². The van der Waals surface area contributed by atoms with E-state index in [1.165, 1.54) is 0 Å². The minimum atomic E-state index is 0.926. The fourth-order valence-electron chi connectivity index (χ4n) is 7.37. The molecule has 10 rings (SSSR count). The lowest BCUT2D eigenvalue weighted by atomic mass is 9.94. The van der Waals surface area contributed by atoms with Gasteiger partial charge in [0.15, 0.2) is 0 Å². The molecule has 0 spiro atoms. The van der Waals surface area contributed by atoms with Crippen LogP contribution in [0.4, 0.5) is 0 Å². The monoisotopic (exact) mass is 665 g/mol. The highest BCUT2D eigenvalue weighted by Crippen LogP contribution is 2.37. The van der Waals surface area contributed by atoms with Crippen molar-refractivity contribution in [2.24, 2.45) is 0 Å². The van der Waals surface area contributed by atoms with Gasteiger partial charge in [0.1, 0.15) is 11.6 Å². The zero-order valence-electron chi connectivity index (χ0n) is 28.1. The van der Waals surface area contributed by atoms with Crippen molar-refractivity contribution in [2.75, 3.05) is 0 Å². The number of nitrogens with zero attached hydrogens (tertiary/aromatic N) is 5. The van der Waals surface area contributed by atoms with Gasteiger partial charge in [0.2, 0.25) is 0 Å². The van der Waals surface area contributed by atoms with Crippen molar-refractivity contribution in [3.05, 3.63) is 188 Å². The summed E-state index contributed by atoms with van der Waals surface area (Å²) in [6.07, 6.45) is 1.88. The Labute approximate surface area is 300 Å². The van der Waals surface area contributed by atoms with E-state index < -0.39 is 0 Å². The first kappa shape index (κ1) is 29.8. The van der Waals surface area contributed by atoms with Crippen LogP contribution in [0.3, 0.4) is 0 Å². The van der Waals surface area contributed by atoms with E-state index in [9.17, 15) is 0 Å². The first-order valence-electron chi connectivity index (χ1n) is 17.5. The lowest BCUT2D eigenvalue weighted by Crippen LogP contribution is -1.98. The average Bonchev–Trinajstić information content (AvgIpc) is 3.81. The Morgan fingerprint density at radius 2 is 0.808 bits per heavy atom. The number of rotatable bonds is 6. The van der Waals surface area contributed by atoms with E-state index in [-0.39, 0.29) is 0 Å². The number of imidazole rings is 2. The molecule has 5 heteroatoms. The second-order valence-electron chi connectivity index (χ2n) is 12.9. The Kier molecular flexibility index (Phi) is 7.07. The number of benzene rings is 7. The minimum Gasteiger partial charge on any atom is -0.292 e. The van der Waals surface area contributed by atoms with Crippen LogP contribution in [0.15, 0.2) is 188 Å². The summed E-state index contributed by atoms with van der Waals surface area (Å²) in [5.74, 6) is 1.85. The van der Waals surface area contributed by atoms with Crippen molar-refractivity contribution in [3.8, 4) is 56.4 Å². The first-order valence-corrected chi connectivity index (χ1v) is 17.5. The molecule has 52 heavy (non-hydrogen) atoms. The second kappa shape index (κ2) is 12.3. The summed E-state index contributed by atoms with van der Waals surface area (Å²) in [5.41, 5.74) is 13.9. The van der Waals surface area contributed by atoms with E-state index in [2.05, 4.69) is 161 Å². The molecule has 0 atom stereocenters. The molecule has 0 aliphatic carbocycles. The molecule has 0 unspecified atom stereocenters. The highest BCUT2D eigenvalue weighted by molar-refractivity contribution is 6.03. The Balaban J connectivity index is 1.03. The third-order valence-corrected chi connectivity index (χ3v) is 9.83. The molecule has 5 nitrogen and oxygen atoms in total. The molecule has 244 valence electrons. The number of aromatic nitrogens is 5. The zero-order valence-corrected chi connectivity index (χ0v) is 28.1. The van der Waals surface area contributed by atoms with Gasteiger partial charge in [-0.1, -0.05) is 127 Å². The third kappa shape index (κ3) is 4.98. The van der Waals surface area contributed by atoms with Gasteiger partial charge in [-0.05, 0) is 71.3 Å². The summed E-state index contributed by atoms with van der Waals surface area (Å²) in [5, 5.41) is 1.11. The minimum absolute atomic E-state index is 0.926. The quantitative estimate of drug-likeness (QED) is 0.178. The van der Waals surface area contributed by atoms with Crippen LogP contribution >= 0.6 is 0 Å². The maximum atomic E-state index is 5.02. The number of pyridine rings is 1. The van der Waals surface area contributed by atoms with Crippen molar-refractivity contribution < 1.29 is 0 Å². The molecule has 10 aromatic rings. The van der Waals surface area contributed by atoms with Crippen LogP contribution in [0.2, 0.25) is 0 Å². The van der Waals surface area contributed by atoms with Crippen molar-refractivity contribution in [1.82, 2.24) is 24.1 Å². The predicted octanol–water partition coefficient (Wildman–Crippen LogP) is 11.6. The van der Waals surface area contributed by atoms with Crippen LogP contribution in [0.5, 0.6) is 0 Å². The Bertz CT molecular complexity index is 2670. The summed E-state index contributed by atoms with van der Waals surface area (Å²) in [4.78, 5) is 15.0. The molecule has 0 aliphatic rings. The van der Waals surface area contributed by atoms with Gasteiger partial charge in [0, 0.05) is 39.6 Å². The van der Waals surface area contributed by atoms with Gasteiger partial charge in [0.05, 0.1) is 27.6 Å². The van der Waals surface area contributed by atoms with Crippen molar-refractivity contribution >= 4 is 33.0 Å². The maximum absolute atomic E-state index is 5.02. The summed E-state index contributed by atoms with van der Waals surface area (Å²) in [7, 11) is 0. The molecule has 3 heterocycles. The van der Waals surface area contributed by atoms with Crippen LogP contribution in [0.1, 0.15) is 0 Å². The normalized spacial score (nSPS) is 11.5. The standard InChI is InChI=1S/C47H31N5/c1-3-12-34(13-4-1)46-49-41-17-7-9-19-43(41)51(46)36-25-21-32(22-26-36)38-29-30-39(45-40(38)16-11-31-48-45)33-23-27-37(28-24-33)52-44-20-10-8-18-42(44)50-47(52)35-14-5-2-6-15-35/h1-31H. The number of para-hydroxylation sites is 4. The van der Waals surface area contributed by atoms with Gasteiger partial charge in [-0.3, -0.25) is 14.1 Å². The summed E-state index contributed by atoms with van der Waals surface area (Å²) < 4.78 is 4.49. The number of hydrogen-bond donors (Lipinski definition) is 0. The zero-order chi connectivity index (χ0) is 34.4. The molecule has 0 aliphatic heterocycles. The molecule has 0 N–H and O–H groups in total.